The fraction of sp³-hybridized carbons (Fsp3) is 0.417. The molecule has 17 heavy (non-hydrogen) atoms. The largest absolute Gasteiger partial charge is 0.342 e. The molecular formula is C12H16N4O. The zero-order chi connectivity index (χ0) is 11.7. The Bertz CT molecular complexity index is 408. The fourth-order valence-corrected chi connectivity index (χ4v) is 2.44. The van der Waals surface area contributed by atoms with E-state index < -0.39 is 0 Å². The molecule has 2 unspecified atom stereocenters. The molecule has 1 aromatic carbocycles. The molecule has 0 aliphatic carbocycles. The molecule has 5 heteroatoms. The normalized spacial score (nSPS) is 28.8. The molecule has 0 saturated carbocycles. The molecular weight excluding hydrogens is 216 g/mol. The summed E-state index contributed by atoms with van der Waals surface area (Å²) in [5, 5.41) is 9.34. The van der Waals surface area contributed by atoms with Gasteiger partial charge < -0.3 is 5.32 Å². The van der Waals surface area contributed by atoms with Crippen molar-refractivity contribution in [1.82, 2.24) is 20.9 Å². The van der Waals surface area contributed by atoms with Crippen LogP contribution in [0.3, 0.4) is 0 Å². The summed E-state index contributed by atoms with van der Waals surface area (Å²) >= 11 is 0. The Hall–Kier alpha value is -1.43. The molecule has 5 nitrogen and oxygen atoms in total. The minimum absolute atomic E-state index is 0.0873. The summed E-state index contributed by atoms with van der Waals surface area (Å²) < 4.78 is 0. The van der Waals surface area contributed by atoms with Crippen LogP contribution in [0.4, 0.5) is 0 Å². The first kappa shape index (κ1) is 10.7. The van der Waals surface area contributed by atoms with Crippen LogP contribution in [0.25, 0.3) is 0 Å². The van der Waals surface area contributed by atoms with E-state index in [4.69, 9.17) is 0 Å². The lowest BCUT2D eigenvalue weighted by molar-refractivity contribution is -0.125. The number of rotatable bonds is 2. The Labute approximate surface area is 100 Å². The van der Waals surface area contributed by atoms with Crippen molar-refractivity contribution >= 4 is 5.91 Å². The van der Waals surface area contributed by atoms with E-state index in [9.17, 15) is 4.79 Å². The van der Waals surface area contributed by atoms with Crippen molar-refractivity contribution in [2.75, 3.05) is 13.3 Å². The molecule has 2 saturated heterocycles. The molecule has 2 aliphatic heterocycles. The van der Waals surface area contributed by atoms with E-state index in [1.54, 1.807) is 0 Å². The van der Waals surface area contributed by atoms with Crippen LogP contribution in [0.15, 0.2) is 30.3 Å². The SMILES string of the molecule is O=C1NCNC2C1NCN2Cc1ccccc1. The van der Waals surface area contributed by atoms with Crippen molar-refractivity contribution in [3.63, 3.8) is 0 Å². The topological polar surface area (TPSA) is 56.4 Å². The first-order chi connectivity index (χ1) is 8.34. The lowest BCUT2D eigenvalue weighted by Gasteiger charge is -2.31. The zero-order valence-corrected chi connectivity index (χ0v) is 9.52. The molecule has 90 valence electrons. The molecule has 2 atom stereocenters. The summed E-state index contributed by atoms with van der Waals surface area (Å²) in [4.78, 5) is 13.9. The van der Waals surface area contributed by atoms with Gasteiger partial charge in [-0.1, -0.05) is 30.3 Å². The van der Waals surface area contributed by atoms with Gasteiger partial charge in [-0.3, -0.25) is 20.3 Å². The van der Waals surface area contributed by atoms with Crippen molar-refractivity contribution in [3.05, 3.63) is 35.9 Å². The van der Waals surface area contributed by atoms with Gasteiger partial charge in [0.15, 0.2) is 0 Å². The quantitative estimate of drug-likeness (QED) is 0.638. The van der Waals surface area contributed by atoms with Crippen LogP contribution in [0.1, 0.15) is 5.56 Å². The van der Waals surface area contributed by atoms with Crippen LogP contribution >= 0.6 is 0 Å². The Balaban J connectivity index is 1.71. The van der Waals surface area contributed by atoms with E-state index in [2.05, 4.69) is 33.0 Å². The molecule has 1 amide bonds. The molecule has 3 N–H and O–H groups in total. The molecule has 0 bridgehead atoms. The van der Waals surface area contributed by atoms with Crippen LogP contribution < -0.4 is 16.0 Å². The molecule has 2 fully saturated rings. The predicted octanol–water partition coefficient (Wildman–Crippen LogP) is -0.579. The summed E-state index contributed by atoms with van der Waals surface area (Å²) in [6.07, 6.45) is 0.101. The van der Waals surface area contributed by atoms with Gasteiger partial charge in [-0.25, -0.2) is 0 Å². The molecule has 2 heterocycles. The standard InChI is InChI=1S/C12H16N4O/c17-12-10-11(13-7-14-12)16(8-15-10)6-9-4-2-1-3-5-9/h1-5,10-11,13,15H,6-8H2,(H,14,17). The third-order valence-corrected chi connectivity index (χ3v) is 3.31. The smallest absolute Gasteiger partial charge is 0.241 e. The Morgan fingerprint density at radius 1 is 1.24 bits per heavy atom. The lowest BCUT2D eigenvalue weighted by Crippen LogP contribution is -2.62. The Morgan fingerprint density at radius 2 is 2.06 bits per heavy atom. The van der Waals surface area contributed by atoms with Gasteiger partial charge in [-0.15, -0.1) is 0 Å². The van der Waals surface area contributed by atoms with Crippen LogP contribution in [-0.2, 0) is 11.3 Å². The van der Waals surface area contributed by atoms with Crippen molar-refractivity contribution in [1.29, 1.82) is 0 Å². The average Bonchev–Trinajstić information content (AvgIpc) is 2.76. The molecule has 1 aromatic rings. The van der Waals surface area contributed by atoms with Crippen LogP contribution in [0.5, 0.6) is 0 Å². The summed E-state index contributed by atoms with van der Waals surface area (Å²) in [5.41, 5.74) is 1.27. The maximum Gasteiger partial charge on any atom is 0.241 e. The first-order valence-electron chi connectivity index (χ1n) is 5.87. The molecule has 3 rings (SSSR count). The second-order valence-corrected chi connectivity index (χ2v) is 4.44. The van der Waals surface area contributed by atoms with Crippen molar-refractivity contribution in [2.24, 2.45) is 0 Å². The minimum atomic E-state index is -0.132. The van der Waals surface area contributed by atoms with E-state index in [0.717, 1.165) is 13.2 Å². The van der Waals surface area contributed by atoms with E-state index in [1.165, 1.54) is 5.56 Å². The lowest BCUT2D eigenvalue weighted by atomic mass is 10.1. The van der Waals surface area contributed by atoms with E-state index >= 15 is 0 Å². The number of fused-ring (bicyclic) bond motifs is 1. The third kappa shape index (κ3) is 2.04. The van der Waals surface area contributed by atoms with Gasteiger partial charge in [0.25, 0.3) is 0 Å². The number of hydrogen-bond acceptors (Lipinski definition) is 4. The van der Waals surface area contributed by atoms with Gasteiger partial charge in [0.1, 0.15) is 6.04 Å². The van der Waals surface area contributed by atoms with Crippen LogP contribution in [0, 0.1) is 0 Å². The average molecular weight is 232 g/mol. The second kappa shape index (κ2) is 4.44. The summed E-state index contributed by atoms with van der Waals surface area (Å²) in [6.45, 7) is 2.15. The molecule has 0 spiro atoms. The van der Waals surface area contributed by atoms with Gasteiger partial charge >= 0.3 is 0 Å². The number of amides is 1. The van der Waals surface area contributed by atoms with E-state index in [-0.39, 0.29) is 18.1 Å². The first-order valence-corrected chi connectivity index (χ1v) is 5.87. The molecule has 0 radical (unpaired) electrons. The highest BCUT2D eigenvalue weighted by Crippen LogP contribution is 2.15. The van der Waals surface area contributed by atoms with Gasteiger partial charge in [-0.05, 0) is 5.56 Å². The number of nitrogens with one attached hydrogen (secondary N) is 3. The highest BCUT2D eigenvalue weighted by molar-refractivity contribution is 5.83. The highest BCUT2D eigenvalue weighted by atomic mass is 16.2. The zero-order valence-electron chi connectivity index (χ0n) is 9.52. The monoisotopic (exact) mass is 232 g/mol. The van der Waals surface area contributed by atoms with Gasteiger partial charge in [-0.2, -0.15) is 0 Å². The van der Waals surface area contributed by atoms with Crippen LogP contribution in [-0.4, -0.2) is 36.4 Å². The van der Waals surface area contributed by atoms with Gasteiger partial charge in [0.2, 0.25) is 5.91 Å². The second-order valence-electron chi connectivity index (χ2n) is 4.44. The summed E-state index contributed by atoms with van der Waals surface area (Å²) in [7, 11) is 0. The minimum Gasteiger partial charge on any atom is -0.342 e. The molecule has 2 aliphatic rings. The summed E-state index contributed by atoms with van der Waals surface area (Å²) in [5.74, 6) is 0.0873. The highest BCUT2D eigenvalue weighted by Gasteiger charge is 2.40. The number of hydrogen-bond donors (Lipinski definition) is 3. The van der Waals surface area contributed by atoms with Gasteiger partial charge in [0, 0.05) is 6.54 Å². The number of carbonyl (C=O) groups excluding carboxylic acids is 1. The maximum absolute atomic E-state index is 11.6. The number of carbonyl (C=O) groups is 1. The van der Waals surface area contributed by atoms with E-state index in [1.807, 2.05) is 18.2 Å². The van der Waals surface area contributed by atoms with E-state index in [0.29, 0.717) is 6.67 Å². The number of benzene rings is 1. The van der Waals surface area contributed by atoms with Crippen molar-refractivity contribution in [3.8, 4) is 0 Å². The Kier molecular flexibility index (Phi) is 2.80. The fourth-order valence-electron chi connectivity index (χ4n) is 2.44. The molecule has 0 aromatic heterocycles. The third-order valence-electron chi connectivity index (χ3n) is 3.31. The number of nitrogens with zero attached hydrogens (tertiary/aromatic N) is 1. The summed E-state index contributed by atoms with van der Waals surface area (Å²) in [6, 6.07) is 10.2. The van der Waals surface area contributed by atoms with Crippen LogP contribution in [0.2, 0.25) is 0 Å². The van der Waals surface area contributed by atoms with Crippen molar-refractivity contribution < 1.29 is 4.79 Å². The maximum atomic E-state index is 11.6. The van der Waals surface area contributed by atoms with Crippen molar-refractivity contribution in [2.45, 2.75) is 18.8 Å². The van der Waals surface area contributed by atoms with Gasteiger partial charge in [0.05, 0.1) is 19.5 Å². The Morgan fingerprint density at radius 3 is 2.88 bits per heavy atom. The predicted molar refractivity (Wildman–Crippen MR) is 63.7 cm³/mol.